The Morgan fingerprint density at radius 3 is 2.50 bits per heavy atom. The van der Waals surface area contributed by atoms with Crippen molar-refractivity contribution in [3.63, 3.8) is 0 Å². The third-order valence-corrected chi connectivity index (χ3v) is 6.42. The Balaban J connectivity index is 1.74. The highest BCUT2D eigenvalue weighted by molar-refractivity contribution is 7.15. The van der Waals surface area contributed by atoms with Crippen molar-refractivity contribution in [1.29, 1.82) is 0 Å². The molecule has 4 rings (SSSR count). The maximum Gasteiger partial charge on any atom is 0.152 e. The van der Waals surface area contributed by atoms with E-state index in [4.69, 9.17) is 11.6 Å². The average Bonchev–Trinajstić information content (AvgIpc) is 3.15. The van der Waals surface area contributed by atoms with Gasteiger partial charge in [-0.3, -0.25) is 9.59 Å². The number of carbonyl (C=O) groups excluding carboxylic acids is 2. The molecule has 0 spiro atoms. The summed E-state index contributed by atoms with van der Waals surface area (Å²) in [6, 6.07) is 4.51. The van der Waals surface area contributed by atoms with Crippen molar-refractivity contribution in [3.8, 4) is 10.6 Å². The smallest absolute Gasteiger partial charge is 0.152 e. The van der Waals surface area contributed by atoms with Crippen molar-refractivity contribution in [2.75, 3.05) is 0 Å². The van der Waals surface area contributed by atoms with Crippen LogP contribution >= 0.6 is 22.9 Å². The first-order chi connectivity index (χ1) is 11.5. The van der Waals surface area contributed by atoms with Crippen LogP contribution in [0.15, 0.2) is 18.2 Å². The maximum absolute atomic E-state index is 13.7. The van der Waals surface area contributed by atoms with Gasteiger partial charge in [0, 0.05) is 22.3 Å². The van der Waals surface area contributed by atoms with E-state index in [-0.39, 0.29) is 28.4 Å². The van der Waals surface area contributed by atoms with Gasteiger partial charge in [0.15, 0.2) is 11.6 Å². The molecule has 1 heterocycles. The molecule has 2 aliphatic carbocycles. The zero-order valence-electron chi connectivity index (χ0n) is 13.0. The number of carbonyl (C=O) groups is 2. The highest BCUT2D eigenvalue weighted by Crippen LogP contribution is 2.45. The van der Waals surface area contributed by atoms with E-state index in [1.54, 1.807) is 6.07 Å². The number of hydrogen-bond donors (Lipinski definition) is 0. The highest BCUT2D eigenvalue weighted by atomic mass is 35.5. The number of Topliss-reactive ketones (excluding diaryl/α,β-unsaturated/α-hetero) is 2. The second-order valence-electron chi connectivity index (χ2n) is 6.53. The molecule has 1 aromatic heterocycles. The third kappa shape index (κ3) is 2.42. The predicted molar refractivity (Wildman–Crippen MR) is 90.8 cm³/mol. The minimum absolute atomic E-state index is 0.00442. The number of aromatic nitrogens is 1. The Bertz CT molecular complexity index is 841. The Morgan fingerprint density at radius 1 is 1.21 bits per heavy atom. The molecular weight excluding hydrogens is 349 g/mol. The fourth-order valence-corrected chi connectivity index (χ4v) is 4.87. The van der Waals surface area contributed by atoms with Gasteiger partial charge in [-0.2, -0.15) is 0 Å². The number of benzene rings is 1. The molecule has 2 bridgehead atoms. The van der Waals surface area contributed by atoms with Crippen LogP contribution in [-0.2, 0) is 9.59 Å². The van der Waals surface area contributed by atoms with E-state index in [1.165, 1.54) is 23.5 Å². The van der Waals surface area contributed by atoms with Gasteiger partial charge in [-0.15, -0.1) is 11.3 Å². The van der Waals surface area contributed by atoms with Crippen molar-refractivity contribution in [1.82, 2.24) is 4.98 Å². The molecular formula is C18H15ClFNO2S. The van der Waals surface area contributed by atoms with Gasteiger partial charge in [0.25, 0.3) is 0 Å². The normalized spacial score (nSPS) is 26.2. The fourth-order valence-electron chi connectivity index (χ4n) is 3.81. The molecule has 24 heavy (non-hydrogen) atoms. The first kappa shape index (κ1) is 15.9. The summed E-state index contributed by atoms with van der Waals surface area (Å²) >= 11 is 7.10. The molecule has 2 aliphatic rings. The lowest BCUT2D eigenvalue weighted by Gasteiger charge is -2.24. The summed E-state index contributed by atoms with van der Waals surface area (Å²) in [6.45, 7) is 1.86. The molecule has 124 valence electrons. The molecule has 2 saturated carbocycles. The molecule has 0 aliphatic heterocycles. The molecule has 2 fully saturated rings. The molecule has 0 N–H and O–H groups in total. The highest BCUT2D eigenvalue weighted by Gasteiger charge is 2.48. The number of nitrogens with zero attached hydrogens (tertiary/aromatic N) is 1. The first-order valence-corrected chi connectivity index (χ1v) is 9.15. The minimum Gasteiger partial charge on any atom is -0.298 e. The lowest BCUT2D eigenvalue weighted by Crippen LogP contribution is -2.35. The van der Waals surface area contributed by atoms with Crippen LogP contribution in [0.5, 0.6) is 0 Å². The molecule has 3 nitrogen and oxygen atoms in total. The van der Waals surface area contributed by atoms with E-state index < -0.39 is 11.7 Å². The van der Waals surface area contributed by atoms with Crippen LogP contribution in [0.2, 0.25) is 5.02 Å². The van der Waals surface area contributed by atoms with Crippen molar-refractivity contribution in [2.24, 2.45) is 11.8 Å². The number of thiazole rings is 1. The molecule has 6 heteroatoms. The van der Waals surface area contributed by atoms with Crippen LogP contribution in [0.3, 0.4) is 0 Å². The zero-order chi connectivity index (χ0) is 17.0. The maximum atomic E-state index is 13.7. The zero-order valence-corrected chi connectivity index (χ0v) is 14.6. The van der Waals surface area contributed by atoms with Gasteiger partial charge >= 0.3 is 0 Å². The van der Waals surface area contributed by atoms with Crippen LogP contribution in [0, 0.1) is 24.6 Å². The quantitative estimate of drug-likeness (QED) is 0.735. The predicted octanol–water partition coefficient (Wildman–Crippen LogP) is 4.56. The molecule has 3 atom stereocenters. The number of rotatable bonds is 2. The largest absolute Gasteiger partial charge is 0.298 e. The molecule has 1 aromatic carbocycles. The van der Waals surface area contributed by atoms with Gasteiger partial charge in [-0.25, -0.2) is 9.37 Å². The summed E-state index contributed by atoms with van der Waals surface area (Å²) in [4.78, 5) is 30.7. The minimum atomic E-state index is -0.738. The van der Waals surface area contributed by atoms with Crippen molar-refractivity contribution < 1.29 is 14.0 Å². The summed E-state index contributed by atoms with van der Waals surface area (Å²) in [5, 5.41) is 0.665. The van der Waals surface area contributed by atoms with E-state index >= 15 is 0 Å². The number of fused-ring (bicyclic) bond motifs is 2. The Labute approximate surface area is 147 Å². The average molecular weight is 364 g/mol. The lowest BCUT2D eigenvalue weighted by molar-refractivity contribution is -0.136. The Hall–Kier alpha value is -1.59. The van der Waals surface area contributed by atoms with Crippen LogP contribution in [0.4, 0.5) is 4.39 Å². The van der Waals surface area contributed by atoms with E-state index in [2.05, 4.69) is 4.98 Å². The van der Waals surface area contributed by atoms with E-state index in [9.17, 15) is 14.0 Å². The first-order valence-electron chi connectivity index (χ1n) is 7.96. The Morgan fingerprint density at radius 2 is 1.88 bits per heavy atom. The van der Waals surface area contributed by atoms with Crippen LogP contribution in [0.25, 0.3) is 10.6 Å². The van der Waals surface area contributed by atoms with Gasteiger partial charge in [0.05, 0.1) is 10.7 Å². The molecule has 0 saturated heterocycles. The van der Waals surface area contributed by atoms with Gasteiger partial charge in [0.1, 0.15) is 16.7 Å². The van der Waals surface area contributed by atoms with Crippen molar-refractivity contribution >= 4 is 34.5 Å². The SMILES string of the molecule is Cc1sc(-c2ccc(Cl)c(F)c2)nc1C1C(=O)[C@@H]2CC[C@@H](C2)C1=O. The molecule has 0 amide bonds. The summed E-state index contributed by atoms with van der Waals surface area (Å²) in [6.07, 6.45) is 2.32. The molecule has 2 aromatic rings. The summed E-state index contributed by atoms with van der Waals surface area (Å²) < 4.78 is 13.7. The van der Waals surface area contributed by atoms with Crippen molar-refractivity contribution in [2.45, 2.75) is 32.1 Å². The lowest BCUT2D eigenvalue weighted by atomic mass is 9.77. The van der Waals surface area contributed by atoms with E-state index in [0.717, 1.165) is 17.7 Å². The topological polar surface area (TPSA) is 47.0 Å². The number of hydrogen-bond acceptors (Lipinski definition) is 4. The second-order valence-corrected chi connectivity index (χ2v) is 8.14. The summed E-state index contributed by atoms with van der Waals surface area (Å²) in [5.41, 5.74) is 1.16. The van der Waals surface area contributed by atoms with Gasteiger partial charge < -0.3 is 0 Å². The summed E-state index contributed by atoms with van der Waals surface area (Å²) in [5.74, 6) is -1.23. The van der Waals surface area contributed by atoms with E-state index in [0.29, 0.717) is 22.7 Å². The van der Waals surface area contributed by atoms with Crippen LogP contribution < -0.4 is 0 Å². The molecule has 1 unspecified atom stereocenters. The second kappa shape index (κ2) is 5.74. The van der Waals surface area contributed by atoms with E-state index in [1.807, 2.05) is 6.92 Å². The fraction of sp³-hybridized carbons (Fsp3) is 0.389. The van der Waals surface area contributed by atoms with Gasteiger partial charge in [-0.1, -0.05) is 17.7 Å². The monoisotopic (exact) mass is 363 g/mol. The third-order valence-electron chi connectivity index (χ3n) is 5.08. The number of halogens is 2. The number of ketones is 2. The van der Waals surface area contributed by atoms with Crippen molar-refractivity contribution in [3.05, 3.63) is 39.6 Å². The van der Waals surface area contributed by atoms with Gasteiger partial charge in [-0.05, 0) is 38.3 Å². The van der Waals surface area contributed by atoms with Crippen LogP contribution in [0.1, 0.15) is 35.8 Å². The summed E-state index contributed by atoms with van der Waals surface area (Å²) in [7, 11) is 0. The standard InChI is InChI=1S/C18H15ClFNO2S/c1-8-15(14-16(22)9-2-3-10(6-9)17(14)23)21-18(24-8)11-4-5-12(19)13(20)7-11/h4-5,7,9-10,14H,2-3,6H2,1H3/t9-,10+,14?. The molecule has 0 radical (unpaired) electrons. The Kier molecular flexibility index (Phi) is 3.81. The van der Waals surface area contributed by atoms with Gasteiger partial charge in [0.2, 0.25) is 0 Å². The van der Waals surface area contributed by atoms with Crippen LogP contribution in [-0.4, -0.2) is 16.6 Å². The number of aryl methyl sites for hydroxylation is 1.